The van der Waals surface area contributed by atoms with E-state index in [-0.39, 0.29) is 24.0 Å². The van der Waals surface area contributed by atoms with Crippen LogP contribution in [0.2, 0.25) is 0 Å². The Labute approximate surface area is 181 Å². The Kier molecular flexibility index (Phi) is 7.05. The molecule has 0 radical (unpaired) electrons. The summed E-state index contributed by atoms with van der Waals surface area (Å²) in [5.74, 6) is -1.87. The Morgan fingerprint density at radius 1 is 1.19 bits per heavy atom. The molecule has 0 spiro atoms. The zero-order chi connectivity index (χ0) is 21.8. The zero-order valence-electron chi connectivity index (χ0n) is 17.6. The second kappa shape index (κ2) is 9.94. The van der Waals surface area contributed by atoms with Crippen LogP contribution in [-0.4, -0.2) is 54.6 Å². The fraction of sp³-hybridized carbons (Fsp3) is 0.500. The SMILES string of the molecule is NC(CC(=O)C(Cc1ccncc1)CN1CCOCC1)C1CCc2cc(F)c(F)cc21. The average Bonchev–Trinajstić information content (AvgIpc) is 3.17. The first-order chi connectivity index (χ1) is 15.0. The van der Waals surface area contributed by atoms with E-state index in [1.807, 2.05) is 12.1 Å². The van der Waals surface area contributed by atoms with Gasteiger partial charge in [0.25, 0.3) is 0 Å². The number of nitrogens with zero attached hydrogens (tertiary/aromatic N) is 2. The lowest BCUT2D eigenvalue weighted by Crippen LogP contribution is -2.42. The van der Waals surface area contributed by atoms with Gasteiger partial charge in [-0.05, 0) is 60.2 Å². The van der Waals surface area contributed by atoms with Gasteiger partial charge in [0.05, 0.1) is 13.2 Å². The number of aromatic nitrogens is 1. The summed E-state index contributed by atoms with van der Waals surface area (Å²) in [6, 6.07) is 5.98. The van der Waals surface area contributed by atoms with Crippen molar-refractivity contribution in [3.8, 4) is 0 Å². The minimum atomic E-state index is -0.855. The number of fused-ring (bicyclic) bond motifs is 1. The number of carbonyl (C=O) groups is 1. The molecule has 0 bridgehead atoms. The van der Waals surface area contributed by atoms with Gasteiger partial charge in [0, 0.05) is 56.3 Å². The Morgan fingerprint density at radius 2 is 1.90 bits per heavy atom. The van der Waals surface area contributed by atoms with Crippen molar-refractivity contribution in [2.75, 3.05) is 32.8 Å². The molecule has 2 aliphatic rings. The number of rotatable bonds is 8. The lowest BCUT2D eigenvalue weighted by Gasteiger charge is -2.31. The van der Waals surface area contributed by atoms with Crippen LogP contribution >= 0.6 is 0 Å². The molecule has 3 unspecified atom stereocenters. The van der Waals surface area contributed by atoms with Gasteiger partial charge in [-0.1, -0.05) is 0 Å². The van der Waals surface area contributed by atoms with Gasteiger partial charge in [0.15, 0.2) is 11.6 Å². The first-order valence-corrected chi connectivity index (χ1v) is 11.0. The fourth-order valence-electron chi connectivity index (χ4n) is 4.80. The topological polar surface area (TPSA) is 68.5 Å². The van der Waals surface area contributed by atoms with Crippen molar-refractivity contribution in [3.05, 3.63) is 65.0 Å². The number of hydrogen-bond acceptors (Lipinski definition) is 5. The van der Waals surface area contributed by atoms with Crippen LogP contribution in [0, 0.1) is 17.6 Å². The normalized spacial score (nSPS) is 20.9. The number of morpholine rings is 1. The zero-order valence-corrected chi connectivity index (χ0v) is 17.6. The van der Waals surface area contributed by atoms with E-state index in [0.29, 0.717) is 39.0 Å². The Hall–Kier alpha value is -2.22. The quantitative estimate of drug-likeness (QED) is 0.699. The molecule has 2 heterocycles. The van der Waals surface area contributed by atoms with Crippen molar-refractivity contribution < 1.29 is 18.3 Å². The van der Waals surface area contributed by atoms with E-state index < -0.39 is 17.7 Å². The predicted octanol–water partition coefficient (Wildman–Crippen LogP) is 2.87. The number of ketones is 1. The Bertz CT molecular complexity index is 903. The second-order valence-corrected chi connectivity index (χ2v) is 8.61. The number of ether oxygens (including phenoxy) is 1. The number of benzene rings is 1. The third-order valence-electron chi connectivity index (χ3n) is 6.53. The minimum Gasteiger partial charge on any atom is -0.379 e. The van der Waals surface area contributed by atoms with Crippen LogP contribution in [0.15, 0.2) is 36.7 Å². The maximum absolute atomic E-state index is 13.8. The largest absolute Gasteiger partial charge is 0.379 e. The Morgan fingerprint density at radius 3 is 2.65 bits per heavy atom. The molecule has 1 aliphatic heterocycles. The van der Waals surface area contributed by atoms with Gasteiger partial charge in [0.2, 0.25) is 0 Å². The number of aryl methyl sites for hydroxylation is 1. The molecule has 1 fully saturated rings. The lowest BCUT2D eigenvalue weighted by atomic mass is 9.85. The Balaban J connectivity index is 1.46. The molecule has 7 heteroatoms. The smallest absolute Gasteiger partial charge is 0.159 e. The van der Waals surface area contributed by atoms with E-state index in [1.54, 1.807) is 12.4 Å². The van der Waals surface area contributed by atoms with Crippen LogP contribution in [0.1, 0.15) is 35.4 Å². The summed E-state index contributed by atoms with van der Waals surface area (Å²) in [5.41, 5.74) is 9.08. The highest BCUT2D eigenvalue weighted by molar-refractivity contribution is 5.82. The number of halogens is 2. The maximum atomic E-state index is 13.8. The molecule has 31 heavy (non-hydrogen) atoms. The highest BCUT2D eigenvalue weighted by Gasteiger charge is 2.32. The average molecular weight is 430 g/mol. The third kappa shape index (κ3) is 5.34. The molecule has 166 valence electrons. The van der Waals surface area contributed by atoms with Crippen molar-refractivity contribution in [2.45, 2.75) is 37.6 Å². The van der Waals surface area contributed by atoms with Crippen LogP contribution < -0.4 is 5.73 Å². The molecule has 1 aromatic carbocycles. The minimum absolute atomic E-state index is 0.117. The van der Waals surface area contributed by atoms with E-state index in [4.69, 9.17) is 10.5 Å². The van der Waals surface area contributed by atoms with Crippen LogP contribution in [-0.2, 0) is 22.4 Å². The predicted molar refractivity (Wildman–Crippen MR) is 114 cm³/mol. The number of pyridine rings is 1. The molecule has 0 saturated carbocycles. The van der Waals surface area contributed by atoms with Crippen molar-refractivity contribution >= 4 is 5.78 Å². The van der Waals surface area contributed by atoms with Crippen LogP contribution in [0.4, 0.5) is 8.78 Å². The van der Waals surface area contributed by atoms with Crippen molar-refractivity contribution in [1.82, 2.24) is 9.88 Å². The first kappa shape index (κ1) is 22.0. The van der Waals surface area contributed by atoms with Gasteiger partial charge in [-0.15, -0.1) is 0 Å². The molecule has 2 aromatic rings. The van der Waals surface area contributed by atoms with E-state index >= 15 is 0 Å². The molecular weight excluding hydrogens is 400 g/mol. The van der Waals surface area contributed by atoms with Gasteiger partial charge in [-0.25, -0.2) is 8.78 Å². The number of hydrogen-bond donors (Lipinski definition) is 1. The molecule has 0 amide bonds. The molecule has 3 atom stereocenters. The highest BCUT2D eigenvalue weighted by atomic mass is 19.2. The third-order valence-corrected chi connectivity index (χ3v) is 6.53. The number of Topliss-reactive ketones (excluding diaryl/α,β-unsaturated/α-hetero) is 1. The van der Waals surface area contributed by atoms with Crippen molar-refractivity contribution in [2.24, 2.45) is 11.7 Å². The summed E-state index contributed by atoms with van der Waals surface area (Å²) in [6.45, 7) is 3.64. The lowest BCUT2D eigenvalue weighted by molar-refractivity contribution is -0.124. The number of carbonyl (C=O) groups excluding carboxylic acids is 1. The highest BCUT2D eigenvalue weighted by Crippen LogP contribution is 2.37. The molecule has 1 saturated heterocycles. The standard InChI is InChI=1S/C24H29F2N3O2/c25-21-12-17-1-2-19(20(17)13-22(21)26)23(27)14-24(30)18(11-16-3-5-28-6-4-16)15-29-7-9-31-10-8-29/h3-6,12-13,18-19,23H,1-2,7-11,14-15,27H2. The summed E-state index contributed by atoms with van der Waals surface area (Å²) in [7, 11) is 0. The summed E-state index contributed by atoms with van der Waals surface area (Å²) < 4.78 is 32.8. The molecular formula is C24H29F2N3O2. The van der Waals surface area contributed by atoms with Gasteiger partial charge in [-0.2, -0.15) is 0 Å². The second-order valence-electron chi connectivity index (χ2n) is 8.61. The van der Waals surface area contributed by atoms with Gasteiger partial charge in [0.1, 0.15) is 5.78 Å². The fourth-order valence-corrected chi connectivity index (χ4v) is 4.80. The van der Waals surface area contributed by atoms with E-state index in [2.05, 4.69) is 9.88 Å². The maximum Gasteiger partial charge on any atom is 0.159 e. The monoisotopic (exact) mass is 429 g/mol. The summed E-state index contributed by atoms with van der Waals surface area (Å²) in [5, 5.41) is 0. The van der Waals surface area contributed by atoms with Crippen molar-refractivity contribution in [1.29, 1.82) is 0 Å². The molecule has 5 nitrogen and oxygen atoms in total. The summed E-state index contributed by atoms with van der Waals surface area (Å²) in [4.78, 5) is 19.7. The van der Waals surface area contributed by atoms with Crippen molar-refractivity contribution in [3.63, 3.8) is 0 Å². The molecule has 2 N–H and O–H groups in total. The van der Waals surface area contributed by atoms with E-state index in [0.717, 1.165) is 29.8 Å². The summed E-state index contributed by atoms with van der Waals surface area (Å²) in [6.07, 6.45) is 5.70. The molecule has 1 aromatic heterocycles. The summed E-state index contributed by atoms with van der Waals surface area (Å²) >= 11 is 0. The first-order valence-electron chi connectivity index (χ1n) is 11.0. The van der Waals surface area contributed by atoms with Crippen LogP contribution in [0.25, 0.3) is 0 Å². The van der Waals surface area contributed by atoms with E-state index in [9.17, 15) is 13.6 Å². The van der Waals surface area contributed by atoms with Gasteiger partial charge < -0.3 is 10.5 Å². The van der Waals surface area contributed by atoms with Crippen LogP contribution in [0.3, 0.4) is 0 Å². The number of nitrogens with two attached hydrogens (primary N) is 1. The van der Waals surface area contributed by atoms with Gasteiger partial charge in [-0.3, -0.25) is 14.7 Å². The van der Waals surface area contributed by atoms with Gasteiger partial charge >= 0.3 is 0 Å². The van der Waals surface area contributed by atoms with Crippen LogP contribution in [0.5, 0.6) is 0 Å². The molecule has 1 aliphatic carbocycles. The molecule has 4 rings (SSSR count). The van der Waals surface area contributed by atoms with E-state index in [1.165, 1.54) is 12.1 Å².